The van der Waals surface area contributed by atoms with Crippen LogP contribution >= 0.6 is 0 Å². The molecule has 0 N–H and O–H groups in total. The van der Waals surface area contributed by atoms with Crippen LogP contribution in [-0.2, 0) is 9.47 Å². The Kier molecular flexibility index (Phi) is 7.00. The minimum absolute atomic E-state index is 0.167. The number of aryl methyl sites for hydroxylation is 1. The predicted molar refractivity (Wildman–Crippen MR) is 85.1 cm³/mol. The standard InChI is InChI=1S/C15H26O5Si/c1-11-7-12(18-9-16-5)8-13(19-10-17-6)14(11)20-21-15(2,3)4/h7-8H,9-10,21H2,1-6H3. The number of hydrogen-bond donors (Lipinski definition) is 0. The molecule has 0 aliphatic rings. The molecule has 0 unspecified atom stereocenters. The monoisotopic (exact) mass is 314 g/mol. The lowest BCUT2D eigenvalue weighted by molar-refractivity contribution is 0.0451. The molecule has 0 aliphatic carbocycles. The third kappa shape index (κ3) is 6.37. The maximum Gasteiger partial charge on any atom is 0.225 e. The van der Waals surface area contributed by atoms with E-state index in [0.717, 1.165) is 11.3 Å². The zero-order valence-corrected chi connectivity index (χ0v) is 15.2. The molecule has 5 nitrogen and oxygen atoms in total. The number of hydrogen-bond acceptors (Lipinski definition) is 5. The number of benzene rings is 1. The van der Waals surface area contributed by atoms with Crippen LogP contribution in [0, 0.1) is 6.92 Å². The van der Waals surface area contributed by atoms with Crippen molar-refractivity contribution >= 4 is 9.76 Å². The van der Waals surface area contributed by atoms with Crippen molar-refractivity contribution in [2.75, 3.05) is 27.8 Å². The van der Waals surface area contributed by atoms with Gasteiger partial charge in [-0.25, -0.2) is 0 Å². The van der Waals surface area contributed by atoms with Crippen LogP contribution in [-0.4, -0.2) is 37.6 Å². The molecule has 1 rings (SSSR count). The maximum absolute atomic E-state index is 6.06. The molecule has 120 valence electrons. The quantitative estimate of drug-likeness (QED) is 0.545. The molecule has 0 aromatic heterocycles. The van der Waals surface area contributed by atoms with Gasteiger partial charge in [-0.15, -0.1) is 0 Å². The van der Waals surface area contributed by atoms with Crippen LogP contribution in [0.5, 0.6) is 17.2 Å². The lowest BCUT2D eigenvalue weighted by atomic mass is 10.2. The molecule has 21 heavy (non-hydrogen) atoms. The fourth-order valence-electron chi connectivity index (χ4n) is 1.62. The second kappa shape index (κ2) is 8.26. The summed E-state index contributed by atoms with van der Waals surface area (Å²) in [4.78, 5) is 0. The first-order chi connectivity index (χ1) is 9.87. The molecule has 0 heterocycles. The highest BCUT2D eigenvalue weighted by molar-refractivity contribution is 6.32. The van der Waals surface area contributed by atoms with Crippen LogP contribution < -0.4 is 13.9 Å². The zero-order valence-electron chi connectivity index (χ0n) is 13.8. The Labute approximate surface area is 129 Å². The van der Waals surface area contributed by atoms with Crippen molar-refractivity contribution in [1.82, 2.24) is 0 Å². The minimum Gasteiger partial charge on any atom is -0.546 e. The fraction of sp³-hybridized carbons (Fsp3) is 0.600. The van der Waals surface area contributed by atoms with Crippen molar-refractivity contribution < 1.29 is 23.4 Å². The number of rotatable bonds is 8. The molecule has 0 bridgehead atoms. The predicted octanol–water partition coefficient (Wildman–Crippen LogP) is 2.64. The molecular formula is C15H26O5Si. The third-order valence-electron chi connectivity index (χ3n) is 2.54. The van der Waals surface area contributed by atoms with Crippen molar-refractivity contribution in [3.05, 3.63) is 17.7 Å². The van der Waals surface area contributed by atoms with Gasteiger partial charge in [-0.05, 0) is 23.6 Å². The Morgan fingerprint density at radius 1 is 1.00 bits per heavy atom. The second-order valence-electron chi connectivity index (χ2n) is 6.02. The Hall–Kier alpha value is -1.24. The van der Waals surface area contributed by atoms with E-state index < -0.39 is 9.76 Å². The highest BCUT2D eigenvalue weighted by Crippen LogP contribution is 2.37. The van der Waals surface area contributed by atoms with Crippen molar-refractivity contribution in [3.8, 4) is 17.2 Å². The summed E-state index contributed by atoms with van der Waals surface area (Å²) >= 11 is 0. The van der Waals surface area contributed by atoms with Gasteiger partial charge < -0.3 is 23.4 Å². The number of methoxy groups -OCH3 is 2. The molecule has 0 saturated heterocycles. The van der Waals surface area contributed by atoms with E-state index in [0.29, 0.717) is 11.5 Å². The highest BCUT2D eigenvalue weighted by Gasteiger charge is 2.17. The average Bonchev–Trinajstić information content (AvgIpc) is 2.40. The van der Waals surface area contributed by atoms with Gasteiger partial charge in [0.2, 0.25) is 9.76 Å². The van der Waals surface area contributed by atoms with E-state index in [9.17, 15) is 0 Å². The Bertz CT molecular complexity index is 442. The van der Waals surface area contributed by atoms with Gasteiger partial charge in [-0.2, -0.15) is 0 Å². The topological polar surface area (TPSA) is 46.2 Å². The second-order valence-corrected chi connectivity index (χ2v) is 8.72. The van der Waals surface area contributed by atoms with Crippen LogP contribution in [0.2, 0.25) is 5.04 Å². The molecule has 0 saturated carbocycles. The summed E-state index contributed by atoms with van der Waals surface area (Å²) in [6.07, 6.45) is 0. The van der Waals surface area contributed by atoms with E-state index in [1.807, 2.05) is 13.0 Å². The molecular weight excluding hydrogens is 288 g/mol. The van der Waals surface area contributed by atoms with Crippen molar-refractivity contribution in [3.63, 3.8) is 0 Å². The summed E-state index contributed by atoms with van der Waals surface area (Å²) in [6.45, 7) is 8.88. The maximum atomic E-state index is 6.06. The molecule has 0 amide bonds. The lowest BCUT2D eigenvalue weighted by Crippen LogP contribution is -2.16. The summed E-state index contributed by atoms with van der Waals surface area (Å²) in [6, 6.07) is 3.72. The zero-order chi connectivity index (χ0) is 15.9. The van der Waals surface area contributed by atoms with E-state index in [2.05, 4.69) is 20.8 Å². The van der Waals surface area contributed by atoms with Crippen molar-refractivity contribution in [2.45, 2.75) is 32.7 Å². The largest absolute Gasteiger partial charge is 0.546 e. The van der Waals surface area contributed by atoms with Gasteiger partial charge in [0, 0.05) is 20.3 Å². The van der Waals surface area contributed by atoms with Crippen LogP contribution in [0.3, 0.4) is 0 Å². The molecule has 1 aromatic carbocycles. The normalized spacial score (nSPS) is 11.9. The molecule has 0 aliphatic heterocycles. The molecule has 0 atom stereocenters. The third-order valence-corrected chi connectivity index (χ3v) is 3.84. The van der Waals surface area contributed by atoms with Gasteiger partial charge in [0.15, 0.2) is 19.3 Å². The van der Waals surface area contributed by atoms with Gasteiger partial charge >= 0.3 is 0 Å². The van der Waals surface area contributed by atoms with Gasteiger partial charge in [-0.1, -0.05) is 20.8 Å². The summed E-state index contributed by atoms with van der Waals surface area (Å²) < 4.78 is 27.0. The minimum atomic E-state index is -0.729. The van der Waals surface area contributed by atoms with E-state index in [1.54, 1.807) is 20.3 Å². The first-order valence-electron chi connectivity index (χ1n) is 6.88. The molecule has 6 heteroatoms. The van der Waals surface area contributed by atoms with Crippen molar-refractivity contribution in [2.24, 2.45) is 0 Å². The molecule has 0 radical (unpaired) electrons. The highest BCUT2D eigenvalue weighted by atomic mass is 28.2. The van der Waals surface area contributed by atoms with Gasteiger partial charge in [0.1, 0.15) is 11.5 Å². The fourth-order valence-corrected chi connectivity index (χ4v) is 2.57. The lowest BCUT2D eigenvalue weighted by Gasteiger charge is -2.22. The van der Waals surface area contributed by atoms with Gasteiger partial charge in [0.25, 0.3) is 0 Å². The van der Waals surface area contributed by atoms with E-state index in [-0.39, 0.29) is 18.6 Å². The Morgan fingerprint density at radius 3 is 2.19 bits per heavy atom. The van der Waals surface area contributed by atoms with Crippen LogP contribution in [0.1, 0.15) is 26.3 Å². The molecule has 1 aromatic rings. The first kappa shape index (κ1) is 17.8. The van der Waals surface area contributed by atoms with E-state index in [1.165, 1.54) is 0 Å². The van der Waals surface area contributed by atoms with E-state index >= 15 is 0 Å². The van der Waals surface area contributed by atoms with Gasteiger partial charge in [0.05, 0.1) is 0 Å². The summed E-state index contributed by atoms with van der Waals surface area (Å²) in [5.41, 5.74) is 0.978. The first-order valence-corrected chi connectivity index (χ1v) is 8.16. The Morgan fingerprint density at radius 2 is 1.62 bits per heavy atom. The van der Waals surface area contributed by atoms with Gasteiger partial charge in [-0.3, -0.25) is 0 Å². The van der Waals surface area contributed by atoms with Crippen molar-refractivity contribution in [1.29, 1.82) is 0 Å². The molecule has 0 spiro atoms. The summed E-state index contributed by atoms with van der Waals surface area (Å²) in [7, 11) is 2.44. The van der Waals surface area contributed by atoms with Crippen LogP contribution in [0.15, 0.2) is 12.1 Å². The number of ether oxygens (including phenoxy) is 4. The van der Waals surface area contributed by atoms with Crippen LogP contribution in [0.4, 0.5) is 0 Å². The summed E-state index contributed by atoms with van der Waals surface area (Å²) in [5, 5.41) is 0.205. The van der Waals surface area contributed by atoms with Crippen LogP contribution in [0.25, 0.3) is 0 Å². The SMILES string of the molecule is COCOc1cc(C)c(O[SiH2]C(C)(C)C)c(OCOC)c1. The average molecular weight is 314 g/mol. The Balaban J connectivity index is 2.96. The summed E-state index contributed by atoms with van der Waals surface area (Å²) in [5.74, 6) is 2.10. The van der Waals surface area contributed by atoms with E-state index in [4.69, 9.17) is 23.4 Å². The smallest absolute Gasteiger partial charge is 0.225 e. The molecule has 0 fully saturated rings.